The van der Waals surface area contributed by atoms with Gasteiger partial charge in [-0.3, -0.25) is 14.6 Å². The molecule has 0 aliphatic rings. The van der Waals surface area contributed by atoms with E-state index in [-0.39, 0.29) is 11.5 Å². The van der Waals surface area contributed by atoms with Crippen LogP contribution in [-0.4, -0.2) is 28.3 Å². The molecule has 1 aromatic heterocycles. The predicted octanol–water partition coefficient (Wildman–Crippen LogP) is 0.185. The molecule has 0 radical (unpaired) electrons. The van der Waals surface area contributed by atoms with Gasteiger partial charge in [0, 0.05) is 12.4 Å². The monoisotopic (exact) mass is 316 g/mol. The van der Waals surface area contributed by atoms with E-state index >= 15 is 0 Å². The summed E-state index contributed by atoms with van der Waals surface area (Å²) in [7, 11) is 0. The predicted molar refractivity (Wildman–Crippen MR) is 70.4 cm³/mol. The van der Waals surface area contributed by atoms with Crippen molar-refractivity contribution in [3.8, 4) is 0 Å². The molecule has 2 amide bonds. The molecule has 17 heavy (non-hydrogen) atoms. The first-order valence-electron chi connectivity index (χ1n) is 4.47. The highest BCUT2D eigenvalue weighted by Crippen LogP contribution is 2.19. The second kappa shape index (κ2) is 6.26. The van der Waals surface area contributed by atoms with Gasteiger partial charge in [0.25, 0.3) is 0 Å². The molecule has 0 unspecified atom stereocenters. The van der Waals surface area contributed by atoms with Gasteiger partial charge in [-0.05, 0) is 22.0 Å². The summed E-state index contributed by atoms with van der Waals surface area (Å²) in [6, 6.07) is 1.56. The molecule has 4 N–H and O–H groups in total. The van der Waals surface area contributed by atoms with Crippen molar-refractivity contribution in [2.24, 2.45) is 5.73 Å². The molecule has 0 bridgehead atoms. The number of thiocarbonyl (C=S) groups is 1. The van der Waals surface area contributed by atoms with Crippen LogP contribution in [0.15, 0.2) is 22.9 Å². The summed E-state index contributed by atoms with van der Waals surface area (Å²) in [5, 5.41) is 4.69. The Morgan fingerprint density at radius 3 is 2.76 bits per heavy atom. The van der Waals surface area contributed by atoms with E-state index in [0.29, 0.717) is 10.2 Å². The molecule has 8 heteroatoms. The highest BCUT2D eigenvalue weighted by atomic mass is 79.9. The number of rotatable bonds is 3. The number of aromatic nitrogens is 1. The topological polar surface area (TPSA) is 97.1 Å². The lowest BCUT2D eigenvalue weighted by atomic mass is 10.4. The van der Waals surface area contributed by atoms with Crippen molar-refractivity contribution in [1.29, 1.82) is 0 Å². The van der Waals surface area contributed by atoms with Gasteiger partial charge in [0.15, 0.2) is 0 Å². The van der Waals surface area contributed by atoms with Crippen molar-refractivity contribution in [1.82, 2.24) is 10.3 Å². The lowest BCUT2D eigenvalue weighted by Crippen LogP contribution is -2.39. The molecule has 0 saturated carbocycles. The van der Waals surface area contributed by atoms with Crippen molar-refractivity contribution < 1.29 is 9.59 Å². The van der Waals surface area contributed by atoms with Gasteiger partial charge >= 0.3 is 11.8 Å². The number of amides is 2. The van der Waals surface area contributed by atoms with E-state index in [1.807, 2.05) is 0 Å². The van der Waals surface area contributed by atoms with E-state index in [2.05, 4.69) is 43.8 Å². The first kappa shape index (κ1) is 13.5. The molecular weight excluding hydrogens is 308 g/mol. The Labute approximate surface area is 111 Å². The van der Waals surface area contributed by atoms with Crippen LogP contribution >= 0.6 is 28.1 Å². The van der Waals surface area contributed by atoms with Gasteiger partial charge in [-0.15, -0.1) is 0 Å². The molecule has 0 saturated heterocycles. The summed E-state index contributed by atoms with van der Waals surface area (Å²) in [5.74, 6) is -1.60. The summed E-state index contributed by atoms with van der Waals surface area (Å²) in [5.41, 5.74) is 5.64. The summed E-state index contributed by atoms with van der Waals surface area (Å²) in [6.45, 7) is -0.0148. The molecule has 0 aliphatic carbocycles. The van der Waals surface area contributed by atoms with Gasteiger partial charge in [-0.25, -0.2) is 0 Å². The Morgan fingerprint density at radius 1 is 1.47 bits per heavy atom. The van der Waals surface area contributed by atoms with Crippen LogP contribution in [0.3, 0.4) is 0 Å². The van der Waals surface area contributed by atoms with E-state index in [1.54, 1.807) is 6.07 Å². The van der Waals surface area contributed by atoms with Crippen LogP contribution in [-0.2, 0) is 9.59 Å². The van der Waals surface area contributed by atoms with Gasteiger partial charge in [-0.2, -0.15) is 0 Å². The van der Waals surface area contributed by atoms with Crippen LogP contribution < -0.4 is 16.4 Å². The molecule has 1 rings (SSSR count). The fourth-order valence-electron chi connectivity index (χ4n) is 0.903. The van der Waals surface area contributed by atoms with Gasteiger partial charge in [-0.1, -0.05) is 12.2 Å². The number of nitrogens with two attached hydrogens (primary N) is 1. The molecule has 6 nitrogen and oxygen atoms in total. The zero-order valence-corrected chi connectivity index (χ0v) is 11.0. The highest BCUT2D eigenvalue weighted by Gasteiger charge is 2.14. The Bertz CT molecular complexity index is 466. The number of hydrogen-bond acceptors (Lipinski definition) is 4. The first-order valence-corrected chi connectivity index (χ1v) is 5.68. The van der Waals surface area contributed by atoms with E-state index < -0.39 is 11.8 Å². The zero-order valence-electron chi connectivity index (χ0n) is 8.57. The Morgan fingerprint density at radius 2 is 2.18 bits per heavy atom. The first-order chi connectivity index (χ1) is 8.00. The molecular formula is C9H9BrN4O2S. The van der Waals surface area contributed by atoms with Gasteiger partial charge in [0.1, 0.15) is 0 Å². The second-order valence-corrected chi connectivity index (χ2v) is 4.34. The van der Waals surface area contributed by atoms with Crippen LogP contribution in [0.25, 0.3) is 0 Å². The molecule has 0 atom stereocenters. The Balaban J connectivity index is 2.58. The molecule has 0 spiro atoms. The molecule has 1 aromatic rings. The normalized spacial score (nSPS) is 9.47. The van der Waals surface area contributed by atoms with Crippen molar-refractivity contribution >= 4 is 50.6 Å². The largest absolute Gasteiger partial charge is 0.392 e. The molecule has 1 heterocycles. The fourth-order valence-corrected chi connectivity index (χ4v) is 1.32. The van der Waals surface area contributed by atoms with Crippen molar-refractivity contribution in [2.45, 2.75) is 0 Å². The lowest BCUT2D eigenvalue weighted by Gasteiger charge is -2.06. The summed E-state index contributed by atoms with van der Waals surface area (Å²) < 4.78 is 0.579. The zero-order chi connectivity index (χ0) is 12.8. The van der Waals surface area contributed by atoms with Crippen molar-refractivity contribution in [3.63, 3.8) is 0 Å². The minimum atomic E-state index is -0.804. The maximum Gasteiger partial charge on any atom is 0.313 e. The summed E-state index contributed by atoms with van der Waals surface area (Å²) >= 11 is 7.75. The quantitative estimate of drug-likeness (QED) is 0.546. The van der Waals surface area contributed by atoms with Crippen molar-refractivity contribution in [3.05, 3.63) is 22.9 Å². The highest BCUT2D eigenvalue weighted by molar-refractivity contribution is 9.10. The molecule has 90 valence electrons. The number of pyridine rings is 1. The number of carbonyl (C=O) groups excluding carboxylic acids is 2. The van der Waals surface area contributed by atoms with E-state index in [4.69, 9.17) is 5.73 Å². The number of halogens is 1. The molecule has 0 aromatic carbocycles. The summed E-state index contributed by atoms with van der Waals surface area (Å²) in [6.07, 6.45) is 3.00. The smallest absolute Gasteiger partial charge is 0.313 e. The number of nitrogens with one attached hydrogen (secondary N) is 2. The third kappa shape index (κ3) is 4.45. The maximum atomic E-state index is 11.4. The van der Waals surface area contributed by atoms with Crippen LogP contribution in [0, 0.1) is 0 Å². The van der Waals surface area contributed by atoms with Gasteiger partial charge in [0.2, 0.25) is 0 Å². The number of carbonyl (C=O) groups is 2. The number of anilines is 1. The second-order valence-electron chi connectivity index (χ2n) is 2.96. The van der Waals surface area contributed by atoms with Crippen LogP contribution in [0.5, 0.6) is 0 Å². The van der Waals surface area contributed by atoms with Crippen LogP contribution in [0.1, 0.15) is 0 Å². The lowest BCUT2D eigenvalue weighted by molar-refractivity contribution is -0.135. The third-order valence-corrected chi connectivity index (χ3v) is 2.43. The number of nitrogens with zero attached hydrogens (tertiary/aromatic N) is 1. The van der Waals surface area contributed by atoms with E-state index in [0.717, 1.165) is 0 Å². The number of hydrogen-bond donors (Lipinski definition) is 3. The average molecular weight is 317 g/mol. The maximum absolute atomic E-state index is 11.4. The Hall–Kier alpha value is -1.54. The Kier molecular flexibility index (Phi) is 4.98. The minimum Gasteiger partial charge on any atom is -0.392 e. The summed E-state index contributed by atoms with van der Waals surface area (Å²) in [4.78, 5) is 26.7. The fraction of sp³-hybridized carbons (Fsp3) is 0.111. The molecule has 0 fully saturated rings. The standard InChI is InChI=1S/C9H9BrN4O2S/c10-5-3-12-2-1-6(5)14-9(16)8(15)13-4-7(11)17/h1-3H,4H2,(H2,11,17)(H,13,15)(H,12,14,16). The van der Waals surface area contributed by atoms with Crippen LogP contribution in [0.4, 0.5) is 5.69 Å². The molecule has 0 aliphatic heterocycles. The van der Waals surface area contributed by atoms with Gasteiger partial charge in [0.05, 0.1) is 21.7 Å². The van der Waals surface area contributed by atoms with Gasteiger partial charge < -0.3 is 16.4 Å². The third-order valence-electron chi connectivity index (χ3n) is 1.65. The minimum absolute atomic E-state index is 0.0148. The average Bonchev–Trinajstić information content (AvgIpc) is 2.28. The van der Waals surface area contributed by atoms with Crippen LogP contribution in [0.2, 0.25) is 0 Å². The SMILES string of the molecule is NC(=S)CNC(=O)C(=O)Nc1ccncc1Br. The van der Waals surface area contributed by atoms with E-state index in [1.165, 1.54) is 12.4 Å². The van der Waals surface area contributed by atoms with E-state index in [9.17, 15) is 9.59 Å². The van der Waals surface area contributed by atoms with Crippen molar-refractivity contribution in [2.75, 3.05) is 11.9 Å².